The Kier molecular flexibility index (Phi) is 6.19. The minimum Gasteiger partial charge on any atom is -0.336 e. The summed E-state index contributed by atoms with van der Waals surface area (Å²) in [7, 11) is 0.928. The van der Waals surface area contributed by atoms with E-state index < -0.39 is 25.7 Å². The zero-order chi connectivity index (χ0) is 16.4. The molecule has 0 heterocycles. The van der Waals surface area contributed by atoms with Gasteiger partial charge in [0.25, 0.3) is 15.0 Å². The van der Waals surface area contributed by atoms with Crippen molar-refractivity contribution in [2.24, 2.45) is 0 Å². The lowest BCUT2D eigenvalue weighted by atomic mass is 10.1. The number of benzene rings is 1. The number of hydrogen-bond donors (Lipinski definition) is 0. The highest BCUT2D eigenvalue weighted by atomic mass is 79.9. The largest absolute Gasteiger partial charge is 0.336 e. The first kappa shape index (κ1) is 18.4. The quantitative estimate of drug-likeness (QED) is 0.707. The zero-order valence-corrected chi connectivity index (χ0v) is 15.0. The third-order valence-corrected chi connectivity index (χ3v) is 5.00. The average molecular weight is 401 g/mol. The highest BCUT2D eigenvalue weighted by Gasteiger charge is 2.27. The molecule has 0 bridgehead atoms. The van der Waals surface area contributed by atoms with Gasteiger partial charge in [-0.25, -0.2) is 12.8 Å². The van der Waals surface area contributed by atoms with Crippen molar-refractivity contribution in [3.8, 4) is 0 Å². The predicted octanol–water partition coefficient (Wildman–Crippen LogP) is 3.78. The van der Waals surface area contributed by atoms with E-state index in [0.717, 1.165) is 6.07 Å². The van der Waals surface area contributed by atoms with E-state index in [1.807, 2.05) is 13.8 Å². The van der Waals surface area contributed by atoms with E-state index in [1.165, 1.54) is 11.0 Å². The number of rotatable bonds is 5. The molecule has 0 radical (unpaired) electrons. The fourth-order valence-electron chi connectivity index (χ4n) is 1.93. The minimum atomic E-state index is -4.27. The van der Waals surface area contributed by atoms with Crippen molar-refractivity contribution in [3.63, 3.8) is 0 Å². The van der Waals surface area contributed by atoms with Gasteiger partial charge in [0.05, 0.1) is 5.56 Å². The molecule has 0 saturated heterocycles. The summed E-state index contributed by atoms with van der Waals surface area (Å²) in [5.41, 5.74) is -0.314. The maximum Gasteiger partial charge on any atom is 0.264 e. The van der Waals surface area contributed by atoms with Crippen LogP contribution in [0.4, 0.5) is 4.39 Å². The van der Waals surface area contributed by atoms with Gasteiger partial charge < -0.3 is 4.90 Å². The third-order valence-electron chi connectivity index (χ3n) is 3.22. The molecular weight excluding hydrogens is 385 g/mol. The van der Waals surface area contributed by atoms with E-state index in [2.05, 4.69) is 15.9 Å². The fraction of sp³-hybridized carbons (Fsp3) is 0.462. The molecule has 1 amide bonds. The molecule has 0 aliphatic carbocycles. The lowest BCUT2D eigenvalue weighted by Crippen LogP contribution is -2.38. The lowest BCUT2D eigenvalue weighted by molar-refractivity contribution is 0.0694. The molecule has 0 N–H and O–H groups in total. The van der Waals surface area contributed by atoms with Crippen molar-refractivity contribution < 1.29 is 17.6 Å². The highest BCUT2D eigenvalue weighted by molar-refractivity contribution is 9.10. The predicted molar refractivity (Wildman–Crippen MR) is 83.6 cm³/mol. The van der Waals surface area contributed by atoms with Gasteiger partial charge in [-0.2, -0.15) is 0 Å². The molecule has 0 aromatic heterocycles. The maximum absolute atomic E-state index is 14.3. The molecule has 0 fully saturated rings. The van der Waals surface area contributed by atoms with Crippen LogP contribution in [0.1, 0.15) is 37.6 Å². The molecule has 21 heavy (non-hydrogen) atoms. The Morgan fingerprint density at radius 2 is 2.00 bits per heavy atom. The minimum absolute atomic E-state index is 0.0862. The second-order valence-corrected chi connectivity index (χ2v) is 8.00. The van der Waals surface area contributed by atoms with E-state index in [0.29, 0.717) is 13.0 Å². The van der Waals surface area contributed by atoms with Gasteiger partial charge in [0, 0.05) is 27.7 Å². The molecule has 1 aromatic carbocycles. The van der Waals surface area contributed by atoms with Crippen LogP contribution in [-0.4, -0.2) is 31.8 Å². The van der Waals surface area contributed by atoms with Crippen LogP contribution in [0.2, 0.25) is 0 Å². The summed E-state index contributed by atoms with van der Waals surface area (Å²) < 4.78 is 37.4. The van der Waals surface area contributed by atoms with Crippen molar-refractivity contribution >= 4 is 41.6 Å². The van der Waals surface area contributed by atoms with Crippen molar-refractivity contribution in [3.05, 3.63) is 28.0 Å². The molecule has 1 unspecified atom stereocenters. The van der Waals surface area contributed by atoms with E-state index in [1.54, 1.807) is 6.92 Å². The fourth-order valence-corrected chi connectivity index (χ4v) is 3.47. The molecule has 4 nitrogen and oxygen atoms in total. The summed E-state index contributed by atoms with van der Waals surface area (Å²) in [6.45, 7) is 5.92. The smallest absolute Gasteiger partial charge is 0.264 e. The molecule has 0 aliphatic heterocycles. The number of amides is 1. The topological polar surface area (TPSA) is 54.5 Å². The standard InChI is InChI=1S/C13H16BrClFNO3S/c1-4-8(3)17(5-2)13(18)10-6-9(14)7-11(12(10)16)21(15,19)20/h6-8H,4-5H2,1-3H3. The third kappa shape index (κ3) is 4.17. The zero-order valence-electron chi connectivity index (χ0n) is 11.9. The summed E-state index contributed by atoms with van der Waals surface area (Å²) in [4.78, 5) is 13.2. The van der Waals surface area contributed by atoms with Crippen LogP contribution >= 0.6 is 26.6 Å². The Labute approximate surface area is 136 Å². The molecule has 1 rings (SSSR count). The number of nitrogens with zero attached hydrogens (tertiary/aromatic N) is 1. The Hall–Kier alpha value is -0.660. The molecule has 8 heteroatoms. The van der Waals surface area contributed by atoms with Gasteiger partial charge in [-0.15, -0.1) is 0 Å². The van der Waals surface area contributed by atoms with Crippen LogP contribution in [0.25, 0.3) is 0 Å². The van der Waals surface area contributed by atoms with Gasteiger partial charge in [0.15, 0.2) is 5.82 Å². The van der Waals surface area contributed by atoms with Crippen LogP contribution in [0.3, 0.4) is 0 Å². The van der Waals surface area contributed by atoms with Gasteiger partial charge in [-0.05, 0) is 32.4 Å². The summed E-state index contributed by atoms with van der Waals surface area (Å²) in [6.07, 6.45) is 0.704. The Balaban J connectivity index is 3.44. The van der Waals surface area contributed by atoms with Crippen LogP contribution in [-0.2, 0) is 9.05 Å². The number of hydrogen-bond acceptors (Lipinski definition) is 3. The van der Waals surface area contributed by atoms with Crippen molar-refractivity contribution in [2.75, 3.05) is 6.54 Å². The molecule has 118 valence electrons. The highest BCUT2D eigenvalue weighted by Crippen LogP contribution is 2.27. The SMILES string of the molecule is CCC(C)N(CC)C(=O)c1cc(Br)cc(S(=O)(=O)Cl)c1F. The molecule has 0 spiro atoms. The number of carbonyl (C=O) groups is 1. The van der Waals surface area contributed by atoms with Gasteiger partial charge in [0.2, 0.25) is 0 Å². The normalized spacial score (nSPS) is 13.0. The summed E-state index contributed by atoms with van der Waals surface area (Å²) in [5.74, 6) is -1.69. The van der Waals surface area contributed by atoms with Crippen molar-refractivity contribution in [1.29, 1.82) is 0 Å². The van der Waals surface area contributed by atoms with Crippen LogP contribution in [0, 0.1) is 5.82 Å². The average Bonchev–Trinajstić information content (AvgIpc) is 2.40. The summed E-state index contributed by atoms with van der Waals surface area (Å²) >= 11 is 3.07. The monoisotopic (exact) mass is 399 g/mol. The number of carbonyl (C=O) groups excluding carboxylic acids is 1. The molecule has 1 atom stereocenters. The first-order chi connectivity index (χ1) is 9.63. The summed E-state index contributed by atoms with van der Waals surface area (Å²) in [6, 6.07) is 2.21. The second-order valence-electron chi connectivity index (χ2n) is 4.55. The van der Waals surface area contributed by atoms with E-state index in [4.69, 9.17) is 10.7 Å². The Morgan fingerprint density at radius 3 is 2.43 bits per heavy atom. The summed E-state index contributed by atoms with van der Waals surface area (Å²) in [5, 5.41) is 0. The van der Waals surface area contributed by atoms with Gasteiger partial charge in [0.1, 0.15) is 4.90 Å². The molecule has 0 saturated carbocycles. The van der Waals surface area contributed by atoms with Gasteiger partial charge >= 0.3 is 0 Å². The maximum atomic E-state index is 14.3. The molecule has 1 aromatic rings. The molecule has 0 aliphatic rings. The van der Waals surface area contributed by atoms with Crippen LogP contribution < -0.4 is 0 Å². The van der Waals surface area contributed by atoms with Gasteiger partial charge in [-0.1, -0.05) is 22.9 Å². The van der Waals surface area contributed by atoms with Crippen LogP contribution in [0.5, 0.6) is 0 Å². The second kappa shape index (κ2) is 7.07. The van der Waals surface area contributed by atoms with Gasteiger partial charge in [-0.3, -0.25) is 4.79 Å². The van der Waals surface area contributed by atoms with E-state index in [9.17, 15) is 17.6 Å². The Morgan fingerprint density at radius 1 is 1.43 bits per heavy atom. The van der Waals surface area contributed by atoms with E-state index in [-0.39, 0.29) is 16.1 Å². The molecular formula is C13H16BrClFNO3S. The van der Waals surface area contributed by atoms with E-state index >= 15 is 0 Å². The van der Waals surface area contributed by atoms with Crippen molar-refractivity contribution in [1.82, 2.24) is 4.90 Å². The first-order valence-electron chi connectivity index (χ1n) is 6.38. The van der Waals surface area contributed by atoms with Crippen LogP contribution in [0.15, 0.2) is 21.5 Å². The Bertz CT molecular complexity index is 651. The number of halogens is 3. The lowest BCUT2D eigenvalue weighted by Gasteiger charge is -2.27. The first-order valence-corrected chi connectivity index (χ1v) is 9.48. The van der Waals surface area contributed by atoms with Crippen molar-refractivity contribution in [2.45, 2.75) is 38.1 Å².